The number of rotatable bonds is 3. The van der Waals surface area contributed by atoms with E-state index in [0.717, 1.165) is 25.2 Å². The van der Waals surface area contributed by atoms with Crippen molar-refractivity contribution in [2.75, 3.05) is 23.3 Å². The van der Waals surface area contributed by atoms with Crippen molar-refractivity contribution in [2.24, 2.45) is 0 Å². The number of nitriles is 1. The van der Waals surface area contributed by atoms with Gasteiger partial charge in [0.2, 0.25) is 0 Å². The summed E-state index contributed by atoms with van der Waals surface area (Å²) in [6, 6.07) is 9.95. The fourth-order valence-corrected chi connectivity index (χ4v) is 2.79. The number of hydrogen-bond donors (Lipinski definition) is 1. The third kappa shape index (κ3) is 2.65. The quantitative estimate of drug-likeness (QED) is 0.938. The molecule has 106 valence electrons. The van der Waals surface area contributed by atoms with Crippen LogP contribution in [0.5, 0.6) is 0 Å². The van der Waals surface area contributed by atoms with Crippen LogP contribution in [-0.2, 0) is 6.42 Å². The number of halogens is 1. The molecule has 5 heteroatoms. The highest BCUT2D eigenvalue weighted by atomic mass is 35.5. The van der Waals surface area contributed by atoms with Crippen LogP contribution in [0, 0.1) is 11.3 Å². The summed E-state index contributed by atoms with van der Waals surface area (Å²) in [5.74, 6) is 0.566. The monoisotopic (exact) mass is 298 g/mol. The Morgan fingerprint density at radius 2 is 2.29 bits per heavy atom. The van der Waals surface area contributed by atoms with Crippen molar-refractivity contribution >= 4 is 28.8 Å². The molecule has 0 saturated carbocycles. The highest BCUT2D eigenvalue weighted by Crippen LogP contribution is 2.32. The molecule has 1 aliphatic rings. The fourth-order valence-electron chi connectivity index (χ4n) is 2.58. The predicted octanol–water partition coefficient (Wildman–Crippen LogP) is 3.73. The molecule has 1 N–H and O–H groups in total. The van der Waals surface area contributed by atoms with Gasteiger partial charge >= 0.3 is 0 Å². The van der Waals surface area contributed by atoms with Gasteiger partial charge in [-0.2, -0.15) is 5.26 Å². The average Bonchev–Trinajstić information content (AvgIpc) is 2.91. The highest BCUT2D eigenvalue weighted by molar-refractivity contribution is 6.33. The summed E-state index contributed by atoms with van der Waals surface area (Å²) in [6.07, 6.45) is 2.61. The van der Waals surface area contributed by atoms with Gasteiger partial charge in [0, 0.05) is 30.7 Å². The van der Waals surface area contributed by atoms with E-state index in [-0.39, 0.29) is 0 Å². The lowest BCUT2D eigenvalue weighted by atomic mass is 10.1. The van der Waals surface area contributed by atoms with E-state index in [9.17, 15) is 0 Å². The van der Waals surface area contributed by atoms with Crippen molar-refractivity contribution in [1.29, 1.82) is 5.26 Å². The first-order valence-electron chi connectivity index (χ1n) is 6.92. The molecule has 2 heterocycles. The molecule has 2 aromatic rings. The maximum absolute atomic E-state index is 8.83. The maximum Gasteiger partial charge on any atom is 0.149 e. The molecule has 0 amide bonds. The highest BCUT2D eigenvalue weighted by Gasteiger charge is 2.17. The van der Waals surface area contributed by atoms with Crippen LogP contribution in [-0.4, -0.2) is 18.1 Å². The van der Waals surface area contributed by atoms with Gasteiger partial charge in [0.15, 0.2) is 0 Å². The standard InChI is InChI=1S/C16H15ClN4/c1-2-21-6-5-12-3-4-13(8-15(12)21)20-16-14(17)7-11(9-18)10-19-16/h3-4,7-8,10H,2,5-6H2,1H3,(H,19,20). The van der Waals surface area contributed by atoms with E-state index in [1.807, 2.05) is 12.1 Å². The van der Waals surface area contributed by atoms with Gasteiger partial charge in [-0.25, -0.2) is 4.98 Å². The van der Waals surface area contributed by atoms with Gasteiger partial charge in [0.1, 0.15) is 11.9 Å². The summed E-state index contributed by atoms with van der Waals surface area (Å²) >= 11 is 6.14. The van der Waals surface area contributed by atoms with Crippen LogP contribution in [0.15, 0.2) is 30.5 Å². The first kappa shape index (κ1) is 13.7. The van der Waals surface area contributed by atoms with Gasteiger partial charge in [0.25, 0.3) is 0 Å². The Morgan fingerprint density at radius 3 is 3.00 bits per heavy atom. The molecule has 21 heavy (non-hydrogen) atoms. The second-order valence-electron chi connectivity index (χ2n) is 4.96. The zero-order valence-corrected chi connectivity index (χ0v) is 12.5. The SMILES string of the molecule is CCN1CCc2ccc(Nc3ncc(C#N)cc3Cl)cc21. The smallest absolute Gasteiger partial charge is 0.149 e. The van der Waals surface area contributed by atoms with Crippen LogP contribution >= 0.6 is 11.6 Å². The molecular formula is C16H15ClN4. The zero-order valence-electron chi connectivity index (χ0n) is 11.7. The zero-order chi connectivity index (χ0) is 14.8. The minimum atomic E-state index is 0.446. The molecular weight excluding hydrogens is 284 g/mol. The number of hydrogen-bond acceptors (Lipinski definition) is 4. The van der Waals surface area contributed by atoms with Crippen LogP contribution in [0.4, 0.5) is 17.2 Å². The molecule has 1 aliphatic heterocycles. The third-order valence-corrected chi connectivity index (χ3v) is 3.98. The molecule has 0 fully saturated rings. The van der Waals surface area contributed by atoms with Gasteiger partial charge in [-0.3, -0.25) is 0 Å². The first-order valence-corrected chi connectivity index (χ1v) is 7.29. The van der Waals surface area contributed by atoms with Crippen LogP contribution in [0.3, 0.4) is 0 Å². The Labute approximate surface area is 129 Å². The molecule has 0 aliphatic carbocycles. The van der Waals surface area contributed by atoms with Crippen LogP contribution in [0.25, 0.3) is 0 Å². The molecule has 1 aromatic carbocycles. The number of aromatic nitrogens is 1. The van der Waals surface area contributed by atoms with E-state index in [1.54, 1.807) is 6.07 Å². The molecule has 0 bridgehead atoms. The van der Waals surface area contributed by atoms with Crippen molar-refractivity contribution in [2.45, 2.75) is 13.3 Å². The van der Waals surface area contributed by atoms with Gasteiger partial charge in [0.05, 0.1) is 10.6 Å². The second-order valence-corrected chi connectivity index (χ2v) is 5.37. The predicted molar refractivity (Wildman–Crippen MR) is 85.3 cm³/mol. The largest absolute Gasteiger partial charge is 0.371 e. The lowest BCUT2D eigenvalue weighted by molar-refractivity contribution is 0.868. The van der Waals surface area contributed by atoms with Crippen LogP contribution < -0.4 is 10.2 Å². The minimum absolute atomic E-state index is 0.446. The number of fused-ring (bicyclic) bond motifs is 1. The Bertz CT molecular complexity index is 721. The van der Waals surface area contributed by atoms with Crippen molar-refractivity contribution in [3.05, 3.63) is 46.6 Å². The summed E-state index contributed by atoms with van der Waals surface area (Å²) in [5.41, 5.74) is 4.05. The molecule has 3 rings (SSSR count). The summed E-state index contributed by atoms with van der Waals surface area (Å²) in [7, 11) is 0. The van der Waals surface area contributed by atoms with Crippen LogP contribution in [0.1, 0.15) is 18.1 Å². The number of anilines is 3. The van der Waals surface area contributed by atoms with E-state index in [2.05, 4.69) is 34.3 Å². The lowest BCUT2D eigenvalue weighted by Crippen LogP contribution is -2.19. The van der Waals surface area contributed by atoms with Crippen molar-refractivity contribution in [3.8, 4) is 6.07 Å². The van der Waals surface area contributed by atoms with Gasteiger partial charge in [-0.05, 0) is 37.1 Å². The summed E-state index contributed by atoms with van der Waals surface area (Å²) < 4.78 is 0. The number of likely N-dealkylation sites (N-methyl/N-ethyl adjacent to an activating group) is 1. The van der Waals surface area contributed by atoms with Crippen LogP contribution in [0.2, 0.25) is 5.02 Å². The molecule has 0 saturated heterocycles. The molecule has 0 spiro atoms. The van der Waals surface area contributed by atoms with Gasteiger partial charge in [-0.15, -0.1) is 0 Å². The average molecular weight is 299 g/mol. The van der Waals surface area contributed by atoms with Crippen molar-refractivity contribution in [1.82, 2.24) is 4.98 Å². The summed E-state index contributed by atoms with van der Waals surface area (Å²) in [5, 5.41) is 12.5. The van der Waals surface area contributed by atoms with Gasteiger partial charge < -0.3 is 10.2 Å². The number of nitrogens with one attached hydrogen (secondary N) is 1. The maximum atomic E-state index is 8.83. The van der Waals surface area contributed by atoms with E-state index in [4.69, 9.17) is 16.9 Å². The van der Waals surface area contributed by atoms with E-state index in [0.29, 0.717) is 16.4 Å². The first-order chi connectivity index (χ1) is 10.2. The minimum Gasteiger partial charge on any atom is -0.371 e. The van der Waals surface area contributed by atoms with Crippen molar-refractivity contribution < 1.29 is 0 Å². The number of pyridine rings is 1. The lowest BCUT2D eigenvalue weighted by Gasteiger charge is -2.17. The van der Waals surface area contributed by atoms with Crippen molar-refractivity contribution in [3.63, 3.8) is 0 Å². The van der Waals surface area contributed by atoms with E-state index in [1.165, 1.54) is 17.4 Å². The Hall–Kier alpha value is -2.25. The molecule has 4 nitrogen and oxygen atoms in total. The summed E-state index contributed by atoms with van der Waals surface area (Å²) in [4.78, 5) is 6.55. The molecule has 0 radical (unpaired) electrons. The summed E-state index contributed by atoms with van der Waals surface area (Å²) in [6.45, 7) is 4.24. The second kappa shape index (κ2) is 5.63. The van der Waals surface area contributed by atoms with E-state index >= 15 is 0 Å². The normalized spacial score (nSPS) is 12.9. The molecule has 0 atom stereocenters. The number of nitrogens with zero attached hydrogens (tertiary/aromatic N) is 3. The molecule has 1 aromatic heterocycles. The molecule has 0 unspecified atom stereocenters. The van der Waals surface area contributed by atoms with E-state index < -0.39 is 0 Å². The number of benzene rings is 1. The Kier molecular flexibility index (Phi) is 3.68. The topological polar surface area (TPSA) is 52.0 Å². The Balaban J connectivity index is 1.88. The fraction of sp³-hybridized carbons (Fsp3) is 0.250. The Morgan fingerprint density at radius 1 is 1.43 bits per heavy atom. The van der Waals surface area contributed by atoms with Gasteiger partial charge in [-0.1, -0.05) is 17.7 Å². The third-order valence-electron chi connectivity index (χ3n) is 3.69.